The third kappa shape index (κ3) is 2.60. The molecule has 0 spiro atoms. The zero-order valence-electron chi connectivity index (χ0n) is 10.9. The summed E-state index contributed by atoms with van der Waals surface area (Å²) in [4.78, 5) is 12.4. The molecule has 0 aliphatic heterocycles. The number of halogens is 2. The van der Waals surface area contributed by atoms with Crippen molar-refractivity contribution in [2.75, 3.05) is 5.32 Å². The van der Waals surface area contributed by atoms with Gasteiger partial charge in [-0.05, 0) is 29.7 Å². The van der Waals surface area contributed by atoms with Crippen LogP contribution in [0.3, 0.4) is 0 Å². The number of anilines is 1. The second kappa shape index (κ2) is 5.54. The van der Waals surface area contributed by atoms with Crippen LogP contribution in [0.2, 0.25) is 5.02 Å². The van der Waals surface area contributed by atoms with Gasteiger partial charge in [-0.15, -0.1) is 0 Å². The van der Waals surface area contributed by atoms with Gasteiger partial charge in [0.25, 0.3) is 5.91 Å². The molecule has 0 heterocycles. The molecule has 3 aromatic carbocycles. The molecule has 0 saturated heterocycles. The number of rotatable bonds is 2. The zero-order valence-corrected chi connectivity index (χ0v) is 11.7. The lowest BCUT2D eigenvalue weighted by Crippen LogP contribution is -2.13. The minimum atomic E-state index is -0.468. The number of amides is 1. The number of fused-ring (bicyclic) bond motifs is 1. The Kier molecular flexibility index (Phi) is 3.59. The Morgan fingerprint density at radius 3 is 2.43 bits per heavy atom. The molecule has 3 rings (SSSR count). The molecule has 1 amide bonds. The van der Waals surface area contributed by atoms with Gasteiger partial charge in [-0.25, -0.2) is 4.39 Å². The van der Waals surface area contributed by atoms with Crippen LogP contribution in [-0.4, -0.2) is 5.91 Å². The monoisotopic (exact) mass is 299 g/mol. The number of nitrogens with one attached hydrogen (secondary N) is 1. The van der Waals surface area contributed by atoms with Crippen molar-refractivity contribution in [2.24, 2.45) is 0 Å². The van der Waals surface area contributed by atoms with Crippen LogP contribution >= 0.6 is 11.6 Å². The molecular formula is C17H11ClFNO. The zero-order chi connectivity index (χ0) is 14.8. The molecule has 4 heteroatoms. The second-order valence-corrected chi connectivity index (χ2v) is 4.98. The molecule has 0 fully saturated rings. The van der Waals surface area contributed by atoms with Crippen LogP contribution in [0.5, 0.6) is 0 Å². The molecule has 0 atom stereocenters. The van der Waals surface area contributed by atoms with Crippen LogP contribution in [0.1, 0.15) is 10.4 Å². The van der Waals surface area contributed by atoms with Gasteiger partial charge >= 0.3 is 0 Å². The number of carbonyl (C=O) groups excluding carboxylic acids is 1. The molecule has 104 valence electrons. The first-order chi connectivity index (χ1) is 10.2. The average molecular weight is 300 g/mol. The fourth-order valence-corrected chi connectivity index (χ4v) is 2.46. The lowest BCUT2D eigenvalue weighted by atomic mass is 10.0. The summed E-state index contributed by atoms with van der Waals surface area (Å²) in [5, 5.41) is 4.68. The Hall–Kier alpha value is -2.39. The Morgan fingerprint density at radius 2 is 1.62 bits per heavy atom. The smallest absolute Gasteiger partial charge is 0.256 e. The second-order valence-electron chi connectivity index (χ2n) is 4.57. The van der Waals surface area contributed by atoms with Crippen LogP contribution in [0.4, 0.5) is 10.1 Å². The quantitative estimate of drug-likeness (QED) is 0.717. The van der Waals surface area contributed by atoms with Crippen LogP contribution in [0, 0.1) is 5.82 Å². The van der Waals surface area contributed by atoms with E-state index in [9.17, 15) is 9.18 Å². The van der Waals surface area contributed by atoms with Gasteiger partial charge in [0.2, 0.25) is 0 Å². The van der Waals surface area contributed by atoms with Gasteiger partial charge in [-0.1, -0.05) is 48.0 Å². The first kappa shape index (κ1) is 13.6. The number of para-hydroxylation sites is 1. The SMILES string of the molecule is O=C(Nc1ccccc1F)c1cccc2c(Cl)cccc12. The summed E-state index contributed by atoms with van der Waals surface area (Å²) in [6.07, 6.45) is 0. The van der Waals surface area contributed by atoms with E-state index in [1.165, 1.54) is 12.1 Å². The summed E-state index contributed by atoms with van der Waals surface area (Å²) in [5.41, 5.74) is 0.611. The highest BCUT2D eigenvalue weighted by atomic mass is 35.5. The topological polar surface area (TPSA) is 29.1 Å². The average Bonchev–Trinajstić information content (AvgIpc) is 2.49. The predicted molar refractivity (Wildman–Crippen MR) is 83.3 cm³/mol. The minimum Gasteiger partial charge on any atom is -0.319 e. The fourth-order valence-electron chi connectivity index (χ4n) is 2.22. The molecule has 21 heavy (non-hydrogen) atoms. The maximum absolute atomic E-state index is 13.6. The van der Waals surface area contributed by atoms with E-state index in [0.717, 1.165) is 10.8 Å². The molecule has 0 radical (unpaired) electrons. The molecule has 2 nitrogen and oxygen atoms in total. The van der Waals surface area contributed by atoms with E-state index in [1.807, 2.05) is 12.1 Å². The highest BCUT2D eigenvalue weighted by Crippen LogP contribution is 2.26. The van der Waals surface area contributed by atoms with Gasteiger partial charge in [-0.3, -0.25) is 4.79 Å². The Morgan fingerprint density at radius 1 is 0.905 bits per heavy atom. The molecule has 0 saturated carbocycles. The van der Waals surface area contributed by atoms with Crippen LogP contribution in [0.15, 0.2) is 60.7 Å². The van der Waals surface area contributed by atoms with Gasteiger partial charge in [0.1, 0.15) is 5.82 Å². The molecule has 0 bridgehead atoms. The molecule has 0 aliphatic carbocycles. The lowest BCUT2D eigenvalue weighted by Gasteiger charge is -2.09. The maximum atomic E-state index is 13.6. The van der Waals surface area contributed by atoms with Crippen molar-refractivity contribution < 1.29 is 9.18 Å². The van der Waals surface area contributed by atoms with Gasteiger partial charge in [0.15, 0.2) is 0 Å². The van der Waals surface area contributed by atoms with Crippen molar-refractivity contribution in [3.8, 4) is 0 Å². The van der Waals surface area contributed by atoms with E-state index >= 15 is 0 Å². The van der Waals surface area contributed by atoms with Crippen LogP contribution in [0.25, 0.3) is 10.8 Å². The molecule has 1 N–H and O–H groups in total. The first-order valence-electron chi connectivity index (χ1n) is 6.40. The van der Waals surface area contributed by atoms with Crippen molar-refractivity contribution in [1.82, 2.24) is 0 Å². The summed E-state index contributed by atoms with van der Waals surface area (Å²) < 4.78 is 13.6. The third-order valence-corrected chi connectivity index (χ3v) is 3.57. The molecule has 0 unspecified atom stereocenters. The van der Waals surface area contributed by atoms with E-state index < -0.39 is 5.82 Å². The Bertz CT molecular complexity index is 832. The molecular weight excluding hydrogens is 289 g/mol. The highest BCUT2D eigenvalue weighted by Gasteiger charge is 2.12. The van der Waals surface area contributed by atoms with Crippen molar-refractivity contribution in [3.05, 3.63) is 77.1 Å². The predicted octanol–water partition coefficient (Wildman–Crippen LogP) is 4.88. The number of hydrogen-bond donors (Lipinski definition) is 1. The maximum Gasteiger partial charge on any atom is 0.256 e. The number of hydrogen-bond acceptors (Lipinski definition) is 1. The summed E-state index contributed by atoms with van der Waals surface area (Å²) in [6, 6.07) is 16.7. The van der Waals surface area contributed by atoms with Crippen molar-refractivity contribution in [3.63, 3.8) is 0 Å². The molecule has 3 aromatic rings. The van der Waals surface area contributed by atoms with Gasteiger partial charge in [0, 0.05) is 16.0 Å². The standard InChI is InChI=1S/C17H11ClFNO/c18-14-8-4-5-11-12(14)6-3-7-13(11)17(21)20-16-10-2-1-9-15(16)19/h1-10H,(H,20,21). The van der Waals surface area contributed by atoms with E-state index in [1.54, 1.807) is 36.4 Å². The van der Waals surface area contributed by atoms with Gasteiger partial charge in [-0.2, -0.15) is 0 Å². The number of benzene rings is 3. The van der Waals surface area contributed by atoms with E-state index in [4.69, 9.17) is 11.6 Å². The largest absolute Gasteiger partial charge is 0.319 e. The lowest BCUT2D eigenvalue weighted by molar-refractivity contribution is 0.102. The van der Waals surface area contributed by atoms with E-state index in [2.05, 4.69) is 5.32 Å². The summed E-state index contributed by atoms with van der Waals surface area (Å²) in [6.45, 7) is 0. The van der Waals surface area contributed by atoms with E-state index in [0.29, 0.717) is 10.6 Å². The summed E-state index contributed by atoms with van der Waals surface area (Å²) in [7, 11) is 0. The summed E-state index contributed by atoms with van der Waals surface area (Å²) >= 11 is 6.13. The molecule has 0 aliphatic rings. The highest BCUT2D eigenvalue weighted by molar-refractivity contribution is 6.36. The fraction of sp³-hybridized carbons (Fsp3) is 0. The normalized spacial score (nSPS) is 10.6. The first-order valence-corrected chi connectivity index (χ1v) is 6.78. The minimum absolute atomic E-state index is 0.154. The molecule has 0 aromatic heterocycles. The Balaban J connectivity index is 2.03. The van der Waals surface area contributed by atoms with Gasteiger partial charge in [0.05, 0.1) is 5.69 Å². The van der Waals surface area contributed by atoms with Crippen molar-refractivity contribution in [2.45, 2.75) is 0 Å². The van der Waals surface area contributed by atoms with Crippen LogP contribution in [-0.2, 0) is 0 Å². The van der Waals surface area contributed by atoms with E-state index in [-0.39, 0.29) is 11.6 Å². The number of carbonyl (C=O) groups is 1. The van der Waals surface area contributed by atoms with Gasteiger partial charge < -0.3 is 5.32 Å². The summed E-state index contributed by atoms with van der Waals surface area (Å²) in [5.74, 6) is -0.836. The van der Waals surface area contributed by atoms with Crippen molar-refractivity contribution >= 4 is 34.0 Å². The third-order valence-electron chi connectivity index (χ3n) is 3.24. The van der Waals surface area contributed by atoms with Crippen LogP contribution < -0.4 is 5.32 Å². The van der Waals surface area contributed by atoms with Crippen molar-refractivity contribution in [1.29, 1.82) is 0 Å². The Labute approximate surface area is 126 Å².